The van der Waals surface area contributed by atoms with Crippen LogP contribution in [0.25, 0.3) is 0 Å². The average Bonchev–Trinajstić information content (AvgIpc) is 2.58. The molecule has 0 unspecified atom stereocenters. The second kappa shape index (κ2) is 4.71. The third-order valence-electron chi connectivity index (χ3n) is 2.72. The van der Waals surface area contributed by atoms with Crippen molar-refractivity contribution in [1.82, 2.24) is 4.72 Å². The lowest BCUT2D eigenvalue weighted by atomic mass is 10.1. The molecule has 88 valence electrons. The standard InChI is InChI=1S/C13H18BrNS/c1-13(2,3)16-15-12-8-7-9-10(12)5-4-6-11(9)14/h4-6,12,15H,7-8H2,1-3H3/t12-/m1/s1. The van der Waals surface area contributed by atoms with E-state index in [0.717, 1.165) is 0 Å². The lowest BCUT2D eigenvalue weighted by Gasteiger charge is -2.22. The van der Waals surface area contributed by atoms with Crippen LogP contribution in [-0.2, 0) is 6.42 Å². The number of hydrogen-bond acceptors (Lipinski definition) is 2. The summed E-state index contributed by atoms with van der Waals surface area (Å²) in [5.41, 5.74) is 2.95. The molecule has 1 nitrogen and oxygen atoms in total. The van der Waals surface area contributed by atoms with Gasteiger partial charge in [-0.3, -0.25) is 4.72 Å². The second-order valence-electron chi connectivity index (χ2n) is 5.23. The number of benzene rings is 1. The number of rotatable bonds is 2. The molecule has 0 fully saturated rings. The molecule has 0 aromatic heterocycles. The molecule has 1 aliphatic carbocycles. The topological polar surface area (TPSA) is 12.0 Å². The highest BCUT2D eigenvalue weighted by Gasteiger charge is 2.25. The SMILES string of the molecule is CC(C)(C)SN[C@@H]1CCc2c(Br)cccc21. The fourth-order valence-electron chi connectivity index (χ4n) is 1.98. The van der Waals surface area contributed by atoms with Crippen molar-refractivity contribution in [2.75, 3.05) is 0 Å². The number of halogens is 1. The van der Waals surface area contributed by atoms with Crippen molar-refractivity contribution in [1.29, 1.82) is 0 Å². The second-order valence-corrected chi connectivity index (χ2v) is 7.75. The minimum atomic E-state index is 0.273. The maximum atomic E-state index is 3.63. The van der Waals surface area contributed by atoms with Gasteiger partial charge in [-0.1, -0.05) is 40.0 Å². The molecule has 0 saturated carbocycles. The molecule has 1 atom stereocenters. The van der Waals surface area contributed by atoms with Gasteiger partial charge in [0.05, 0.1) is 0 Å². The van der Waals surface area contributed by atoms with E-state index in [1.807, 2.05) is 11.9 Å². The highest BCUT2D eigenvalue weighted by Crippen LogP contribution is 2.37. The van der Waals surface area contributed by atoms with Crippen LogP contribution in [0.4, 0.5) is 0 Å². The zero-order valence-corrected chi connectivity index (χ0v) is 12.4. The van der Waals surface area contributed by atoms with E-state index in [-0.39, 0.29) is 4.75 Å². The average molecular weight is 300 g/mol. The van der Waals surface area contributed by atoms with Gasteiger partial charge in [0.1, 0.15) is 0 Å². The van der Waals surface area contributed by atoms with Crippen molar-refractivity contribution in [3.8, 4) is 0 Å². The van der Waals surface area contributed by atoms with E-state index in [0.29, 0.717) is 6.04 Å². The van der Waals surface area contributed by atoms with Crippen LogP contribution in [-0.4, -0.2) is 4.75 Å². The van der Waals surface area contributed by atoms with Crippen molar-refractivity contribution in [3.63, 3.8) is 0 Å². The van der Waals surface area contributed by atoms with Crippen LogP contribution in [0.3, 0.4) is 0 Å². The van der Waals surface area contributed by atoms with Crippen LogP contribution in [0, 0.1) is 0 Å². The van der Waals surface area contributed by atoms with E-state index in [1.54, 1.807) is 0 Å². The van der Waals surface area contributed by atoms with Crippen LogP contribution in [0.15, 0.2) is 22.7 Å². The highest BCUT2D eigenvalue weighted by atomic mass is 79.9. The lowest BCUT2D eigenvalue weighted by molar-refractivity contribution is 0.656. The third-order valence-corrected chi connectivity index (χ3v) is 4.48. The Morgan fingerprint density at radius 3 is 2.81 bits per heavy atom. The summed E-state index contributed by atoms with van der Waals surface area (Å²) in [6.45, 7) is 6.71. The Kier molecular flexibility index (Phi) is 3.67. The first-order valence-electron chi connectivity index (χ1n) is 5.68. The molecule has 0 saturated heterocycles. The van der Waals surface area contributed by atoms with Gasteiger partial charge in [-0.2, -0.15) is 0 Å². The predicted octanol–water partition coefficient (Wildman–Crippen LogP) is 4.47. The van der Waals surface area contributed by atoms with Gasteiger partial charge in [0.15, 0.2) is 0 Å². The van der Waals surface area contributed by atoms with Crippen LogP contribution in [0.2, 0.25) is 0 Å². The van der Waals surface area contributed by atoms with E-state index in [4.69, 9.17) is 0 Å². The highest BCUT2D eigenvalue weighted by molar-refractivity contribution is 9.10. The quantitative estimate of drug-likeness (QED) is 0.809. The molecule has 1 aromatic rings. The summed E-state index contributed by atoms with van der Waals surface area (Å²) in [5.74, 6) is 0. The molecular formula is C13H18BrNS. The van der Waals surface area contributed by atoms with Gasteiger partial charge in [0, 0.05) is 15.3 Å². The van der Waals surface area contributed by atoms with E-state index in [1.165, 1.54) is 28.4 Å². The molecule has 2 rings (SSSR count). The summed E-state index contributed by atoms with van der Waals surface area (Å²) in [5, 5.41) is 0. The summed E-state index contributed by atoms with van der Waals surface area (Å²) >= 11 is 5.47. The number of fused-ring (bicyclic) bond motifs is 1. The van der Waals surface area contributed by atoms with Crippen LogP contribution in [0.1, 0.15) is 44.4 Å². The molecule has 0 aliphatic heterocycles. The van der Waals surface area contributed by atoms with Crippen molar-refractivity contribution >= 4 is 27.9 Å². The first kappa shape index (κ1) is 12.5. The first-order chi connectivity index (χ1) is 7.47. The molecule has 0 bridgehead atoms. The fourth-order valence-corrected chi connectivity index (χ4v) is 3.30. The maximum Gasteiger partial charge on any atom is 0.0428 e. The molecule has 0 radical (unpaired) electrons. The van der Waals surface area contributed by atoms with Crippen molar-refractivity contribution < 1.29 is 0 Å². The Bertz CT molecular complexity index is 384. The molecule has 1 aromatic carbocycles. The predicted molar refractivity (Wildman–Crippen MR) is 75.7 cm³/mol. The largest absolute Gasteiger partial charge is 0.256 e. The van der Waals surface area contributed by atoms with Gasteiger partial charge in [0.25, 0.3) is 0 Å². The van der Waals surface area contributed by atoms with Gasteiger partial charge in [-0.05, 0) is 50.8 Å². The Balaban J connectivity index is 2.09. The molecule has 0 spiro atoms. The number of hydrogen-bond donors (Lipinski definition) is 1. The van der Waals surface area contributed by atoms with Crippen LogP contribution in [0.5, 0.6) is 0 Å². The Morgan fingerprint density at radius 1 is 1.38 bits per heavy atom. The minimum absolute atomic E-state index is 0.273. The summed E-state index contributed by atoms with van der Waals surface area (Å²) in [7, 11) is 0. The fraction of sp³-hybridized carbons (Fsp3) is 0.538. The minimum Gasteiger partial charge on any atom is -0.256 e. The van der Waals surface area contributed by atoms with E-state index < -0.39 is 0 Å². The summed E-state index contributed by atoms with van der Waals surface area (Å²) in [6, 6.07) is 7.02. The molecule has 3 heteroatoms. The van der Waals surface area contributed by atoms with E-state index in [2.05, 4.69) is 59.6 Å². The summed E-state index contributed by atoms with van der Waals surface area (Å²) in [6.07, 6.45) is 2.39. The van der Waals surface area contributed by atoms with Gasteiger partial charge in [-0.15, -0.1) is 0 Å². The van der Waals surface area contributed by atoms with Gasteiger partial charge in [0.2, 0.25) is 0 Å². The van der Waals surface area contributed by atoms with E-state index >= 15 is 0 Å². The number of nitrogens with one attached hydrogen (secondary N) is 1. The Hall–Kier alpha value is 0.0100. The zero-order valence-electron chi connectivity index (χ0n) is 10.0. The van der Waals surface area contributed by atoms with Crippen molar-refractivity contribution in [3.05, 3.63) is 33.8 Å². The van der Waals surface area contributed by atoms with Gasteiger partial charge in [-0.25, -0.2) is 0 Å². The maximum absolute atomic E-state index is 3.63. The Morgan fingerprint density at radius 2 is 2.12 bits per heavy atom. The molecule has 1 aliphatic rings. The molecular weight excluding hydrogens is 282 g/mol. The van der Waals surface area contributed by atoms with E-state index in [9.17, 15) is 0 Å². The van der Waals surface area contributed by atoms with Gasteiger partial charge < -0.3 is 0 Å². The van der Waals surface area contributed by atoms with Crippen molar-refractivity contribution in [2.45, 2.75) is 44.4 Å². The van der Waals surface area contributed by atoms with Crippen LogP contribution < -0.4 is 4.72 Å². The first-order valence-corrected chi connectivity index (χ1v) is 7.29. The molecule has 0 amide bonds. The zero-order chi connectivity index (χ0) is 11.8. The third kappa shape index (κ3) is 2.82. The molecule has 0 heterocycles. The summed E-state index contributed by atoms with van der Waals surface area (Å²) in [4.78, 5) is 0. The van der Waals surface area contributed by atoms with Crippen molar-refractivity contribution in [2.24, 2.45) is 0 Å². The lowest BCUT2D eigenvalue weighted by Crippen LogP contribution is -2.20. The monoisotopic (exact) mass is 299 g/mol. The van der Waals surface area contributed by atoms with Gasteiger partial charge >= 0.3 is 0 Å². The smallest absolute Gasteiger partial charge is 0.0428 e. The normalized spacial score (nSPS) is 19.9. The Labute approximate surface area is 111 Å². The molecule has 16 heavy (non-hydrogen) atoms. The van der Waals surface area contributed by atoms with Crippen LogP contribution >= 0.6 is 27.9 Å². The molecule has 1 N–H and O–H groups in total. The summed E-state index contributed by atoms with van der Waals surface area (Å²) < 4.78 is 5.13.